The van der Waals surface area contributed by atoms with E-state index < -0.39 is 0 Å². The van der Waals surface area contributed by atoms with E-state index in [0.29, 0.717) is 0 Å². The van der Waals surface area contributed by atoms with Crippen LogP contribution in [-0.4, -0.2) is 6.41 Å². The molecule has 0 fully saturated rings. The van der Waals surface area contributed by atoms with Crippen molar-refractivity contribution in [1.29, 1.82) is 0 Å². The van der Waals surface area contributed by atoms with Crippen molar-refractivity contribution in [2.45, 2.75) is 13.8 Å². The second kappa shape index (κ2) is 4.83. The fourth-order valence-corrected chi connectivity index (χ4v) is 1.91. The molecule has 17 heavy (non-hydrogen) atoms. The fraction of sp³-hybridized carbons (Fsp3) is 0.133. The van der Waals surface area contributed by atoms with Crippen molar-refractivity contribution in [2.75, 3.05) is 4.90 Å². The Morgan fingerprint density at radius 3 is 1.59 bits per heavy atom. The number of anilines is 2. The second-order valence-corrected chi connectivity index (χ2v) is 4.05. The SMILES string of the molecule is Cc1ccccc1N(C=O)c1ccccc1C. The average Bonchev–Trinajstić information content (AvgIpc) is 2.34. The maximum Gasteiger partial charge on any atom is 0.218 e. The summed E-state index contributed by atoms with van der Waals surface area (Å²) in [5, 5.41) is 0. The molecule has 0 aliphatic rings. The number of hydrogen-bond acceptors (Lipinski definition) is 1. The molecular formula is C15H15NO. The van der Waals surface area contributed by atoms with Gasteiger partial charge in [-0.2, -0.15) is 0 Å². The minimum atomic E-state index is 0.866. The van der Waals surface area contributed by atoms with Gasteiger partial charge < -0.3 is 0 Å². The van der Waals surface area contributed by atoms with Crippen LogP contribution in [0.15, 0.2) is 48.5 Å². The average molecular weight is 225 g/mol. The fourth-order valence-electron chi connectivity index (χ4n) is 1.91. The third-order valence-corrected chi connectivity index (χ3v) is 2.86. The zero-order valence-corrected chi connectivity index (χ0v) is 10.1. The summed E-state index contributed by atoms with van der Waals surface area (Å²) in [5.74, 6) is 0. The molecule has 0 heterocycles. The molecule has 2 nitrogen and oxygen atoms in total. The smallest absolute Gasteiger partial charge is 0.218 e. The number of amides is 1. The number of hydrogen-bond donors (Lipinski definition) is 0. The molecule has 0 aliphatic carbocycles. The molecule has 0 atom stereocenters. The first-order valence-corrected chi connectivity index (χ1v) is 5.60. The van der Waals surface area contributed by atoms with Gasteiger partial charge in [0, 0.05) is 0 Å². The van der Waals surface area contributed by atoms with Gasteiger partial charge in [0.05, 0.1) is 11.4 Å². The van der Waals surface area contributed by atoms with Gasteiger partial charge in [0.15, 0.2) is 0 Å². The van der Waals surface area contributed by atoms with E-state index in [1.165, 1.54) is 0 Å². The highest BCUT2D eigenvalue weighted by molar-refractivity contribution is 5.88. The summed E-state index contributed by atoms with van der Waals surface area (Å²) in [6.07, 6.45) is 0.866. The van der Waals surface area contributed by atoms with Crippen LogP contribution in [0.25, 0.3) is 0 Å². The summed E-state index contributed by atoms with van der Waals surface area (Å²) < 4.78 is 0. The van der Waals surface area contributed by atoms with Gasteiger partial charge in [0.1, 0.15) is 0 Å². The number of benzene rings is 2. The maximum absolute atomic E-state index is 11.3. The van der Waals surface area contributed by atoms with Gasteiger partial charge >= 0.3 is 0 Å². The van der Waals surface area contributed by atoms with Gasteiger partial charge in [-0.1, -0.05) is 36.4 Å². The van der Waals surface area contributed by atoms with Crippen LogP contribution in [0.4, 0.5) is 11.4 Å². The summed E-state index contributed by atoms with van der Waals surface area (Å²) in [6.45, 7) is 4.01. The molecule has 0 bridgehead atoms. The molecule has 0 spiro atoms. The van der Waals surface area contributed by atoms with Crippen LogP contribution in [0, 0.1) is 13.8 Å². The Bertz CT molecular complexity index is 488. The van der Waals surface area contributed by atoms with Crippen molar-refractivity contribution in [2.24, 2.45) is 0 Å². The van der Waals surface area contributed by atoms with Crippen LogP contribution in [-0.2, 0) is 4.79 Å². The highest BCUT2D eigenvalue weighted by Gasteiger charge is 2.11. The molecule has 2 aromatic rings. The van der Waals surface area contributed by atoms with E-state index in [1.807, 2.05) is 62.4 Å². The molecule has 0 aliphatic heterocycles. The molecule has 0 radical (unpaired) electrons. The normalized spacial score (nSPS) is 10.0. The predicted octanol–water partition coefficient (Wildman–Crippen LogP) is 3.60. The number of aryl methyl sites for hydroxylation is 2. The van der Waals surface area contributed by atoms with E-state index in [0.717, 1.165) is 28.9 Å². The molecule has 0 N–H and O–H groups in total. The summed E-state index contributed by atoms with van der Waals surface area (Å²) >= 11 is 0. The first-order chi connectivity index (χ1) is 8.24. The van der Waals surface area contributed by atoms with Crippen LogP contribution in [0.2, 0.25) is 0 Å². The first-order valence-electron chi connectivity index (χ1n) is 5.60. The minimum absolute atomic E-state index is 0.866. The third kappa shape index (κ3) is 2.21. The first kappa shape index (κ1) is 11.4. The van der Waals surface area contributed by atoms with Crippen LogP contribution in [0.5, 0.6) is 0 Å². The van der Waals surface area contributed by atoms with E-state index in [2.05, 4.69) is 0 Å². The van der Waals surface area contributed by atoms with Gasteiger partial charge in [-0.25, -0.2) is 0 Å². The van der Waals surface area contributed by atoms with Gasteiger partial charge in [0.2, 0.25) is 6.41 Å². The molecule has 1 amide bonds. The largest absolute Gasteiger partial charge is 0.283 e. The van der Waals surface area contributed by atoms with Gasteiger partial charge in [0.25, 0.3) is 0 Å². The van der Waals surface area contributed by atoms with E-state index in [1.54, 1.807) is 4.90 Å². The van der Waals surface area contributed by atoms with Crippen molar-refractivity contribution in [3.05, 3.63) is 59.7 Å². The molecule has 2 heteroatoms. The summed E-state index contributed by atoms with van der Waals surface area (Å²) in [7, 11) is 0. The van der Waals surface area contributed by atoms with Gasteiger partial charge in [-0.15, -0.1) is 0 Å². The summed E-state index contributed by atoms with van der Waals surface area (Å²) in [5.41, 5.74) is 4.03. The lowest BCUT2D eigenvalue weighted by Crippen LogP contribution is -2.16. The van der Waals surface area contributed by atoms with E-state index in [9.17, 15) is 4.79 Å². The Hall–Kier alpha value is -2.09. The Morgan fingerprint density at radius 1 is 0.824 bits per heavy atom. The summed E-state index contributed by atoms with van der Waals surface area (Å²) in [6, 6.07) is 15.7. The Morgan fingerprint density at radius 2 is 1.24 bits per heavy atom. The minimum Gasteiger partial charge on any atom is -0.283 e. The third-order valence-electron chi connectivity index (χ3n) is 2.86. The standard InChI is InChI=1S/C15H15NO/c1-12-7-3-5-9-14(12)16(11-17)15-10-6-4-8-13(15)2/h3-11H,1-2H3. The predicted molar refractivity (Wildman–Crippen MR) is 70.6 cm³/mol. The number of rotatable bonds is 3. The van der Waals surface area contributed by atoms with Crippen molar-refractivity contribution in [3.8, 4) is 0 Å². The highest BCUT2D eigenvalue weighted by atomic mass is 16.1. The Kier molecular flexibility index (Phi) is 3.24. The monoisotopic (exact) mass is 225 g/mol. The number of nitrogens with zero attached hydrogens (tertiary/aromatic N) is 1. The second-order valence-electron chi connectivity index (χ2n) is 4.05. The maximum atomic E-state index is 11.3. The lowest BCUT2D eigenvalue weighted by molar-refractivity contribution is -0.106. The molecule has 0 unspecified atom stereocenters. The van der Waals surface area contributed by atoms with E-state index in [4.69, 9.17) is 0 Å². The number of para-hydroxylation sites is 2. The van der Waals surface area contributed by atoms with Crippen molar-refractivity contribution >= 4 is 17.8 Å². The zero-order chi connectivity index (χ0) is 12.3. The number of carbonyl (C=O) groups excluding carboxylic acids is 1. The van der Waals surface area contributed by atoms with E-state index in [-0.39, 0.29) is 0 Å². The topological polar surface area (TPSA) is 20.3 Å². The highest BCUT2D eigenvalue weighted by Crippen LogP contribution is 2.28. The van der Waals surface area contributed by atoms with Gasteiger partial charge in [-0.3, -0.25) is 9.69 Å². The van der Waals surface area contributed by atoms with Crippen LogP contribution < -0.4 is 4.90 Å². The Labute approximate surface area is 102 Å². The number of carbonyl (C=O) groups is 1. The van der Waals surface area contributed by atoms with Gasteiger partial charge in [-0.05, 0) is 37.1 Å². The van der Waals surface area contributed by atoms with Crippen LogP contribution >= 0.6 is 0 Å². The molecule has 86 valence electrons. The Balaban J connectivity index is 2.52. The van der Waals surface area contributed by atoms with Crippen molar-refractivity contribution < 1.29 is 4.79 Å². The molecule has 0 aromatic heterocycles. The molecule has 2 aromatic carbocycles. The van der Waals surface area contributed by atoms with E-state index >= 15 is 0 Å². The molecule has 2 rings (SSSR count). The quantitative estimate of drug-likeness (QED) is 0.731. The zero-order valence-electron chi connectivity index (χ0n) is 10.1. The van der Waals surface area contributed by atoms with Crippen LogP contribution in [0.1, 0.15) is 11.1 Å². The lowest BCUT2D eigenvalue weighted by atomic mass is 10.1. The summed E-state index contributed by atoms with van der Waals surface area (Å²) in [4.78, 5) is 13.0. The molecule has 0 saturated carbocycles. The molecule has 0 saturated heterocycles. The van der Waals surface area contributed by atoms with Crippen molar-refractivity contribution in [3.63, 3.8) is 0 Å². The molecular weight excluding hydrogens is 210 g/mol. The van der Waals surface area contributed by atoms with Crippen molar-refractivity contribution in [1.82, 2.24) is 0 Å². The van der Waals surface area contributed by atoms with Crippen LogP contribution in [0.3, 0.4) is 0 Å². The lowest BCUT2D eigenvalue weighted by Gasteiger charge is -2.21.